The van der Waals surface area contributed by atoms with E-state index >= 15 is 0 Å². The molecule has 2 amide bonds. The number of hydrogen-bond acceptors (Lipinski definition) is 2. The topological polar surface area (TPSA) is 58.2 Å². The van der Waals surface area contributed by atoms with E-state index in [1.165, 1.54) is 6.07 Å². The fourth-order valence-electron chi connectivity index (χ4n) is 2.34. The molecule has 0 atom stereocenters. The van der Waals surface area contributed by atoms with Crippen LogP contribution in [0.5, 0.6) is 0 Å². The molecular weight excluding hydrogens is 407 g/mol. The molecular formula is C20H13Cl3N2O2. The number of carbonyl (C=O) groups is 2. The van der Waals surface area contributed by atoms with Gasteiger partial charge in [0.2, 0.25) is 0 Å². The van der Waals surface area contributed by atoms with Crippen LogP contribution in [0.25, 0.3) is 0 Å². The van der Waals surface area contributed by atoms with Crippen LogP contribution in [0.2, 0.25) is 15.1 Å². The molecule has 0 aromatic heterocycles. The SMILES string of the molecule is O=C(Nc1ccc(Cl)cc1C(=O)Nc1ccc(Cl)cc1)c1ccc(Cl)cc1. The van der Waals surface area contributed by atoms with Crippen molar-refractivity contribution in [2.45, 2.75) is 0 Å². The smallest absolute Gasteiger partial charge is 0.257 e. The third-order valence-corrected chi connectivity index (χ3v) is 4.42. The Bertz CT molecular complexity index is 987. The second-order valence-corrected chi connectivity index (χ2v) is 6.92. The van der Waals surface area contributed by atoms with Crippen LogP contribution < -0.4 is 10.6 Å². The maximum Gasteiger partial charge on any atom is 0.257 e. The number of benzene rings is 3. The zero-order valence-corrected chi connectivity index (χ0v) is 16.1. The first-order valence-corrected chi connectivity index (χ1v) is 8.99. The number of anilines is 2. The molecule has 7 heteroatoms. The van der Waals surface area contributed by atoms with E-state index in [2.05, 4.69) is 10.6 Å². The summed E-state index contributed by atoms with van der Waals surface area (Å²) in [7, 11) is 0. The zero-order valence-electron chi connectivity index (χ0n) is 13.8. The van der Waals surface area contributed by atoms with Crippen LogP contribution in [0.15, 0.2) is 66.7 Å². The Balaban J connectivity index is 1.83. The van der Waals surface area contributed by atoms with Crippen molar-refractivity contribution in [3.63, 3.8) is 0 Å². The van der Waals surface area contributed by atoms with Gasteiger partial charge in [-0.1, -0.05) is 34.8 Å². The molecule has 0 aliphatic carbocycles. The lowest BCUT2D eigenvalue weighted by Gasteiger charge is -2.12. The summed E-state index contributed by atoms with van der Waals surface area (Å²) < 4.78 is 0. The van der Waals surface area contributed by atoms with E-state index in [0.29, 0.717) is 32.0 Å². The van der Waals surface area contributed by atoms with Gasteiger partial charge in [-0.05, 0) is 66.7 Å². The summed E-state index contributed by atoms with van der Waals surface area (Å²) in [6, 6.07) is 17.8. The van der Waals surface area contributed by atoms with Crippen molar-refractivity contribution in [2.24, 2.45) is 0 Å². The predicted octanol–water partition coefficient (Wildman–Crippen LogP) is 6.15. The summed E-state index contributed by atoms with van der Waals surface area (Å²) in [5, 5.41) is 6.94. The van der Waals surface area contributed by atoms with Crippen molar-refractivity contribution in [2.75, 3.05) is 10.6 Å². The van der Waals surface area contributed by atoms with Gasteiger partial charge in [0.05, 0.1) is 11.3 Å². The quantitative estimate of drug-likeness (QED) is 0.533. The van der Waals surface area contributed by atoms with E-state index in [9.17, 15) is 9.59 Å². The second-order valence-electron chi connectivity index (χ2n) is 5.61. The number of nitrogens with one attached hydrogen (secondary N) is 2. The van der Waals surface area contributed by atoms with E-state index in [4.69, 9.17) is 34.8 Å². The molecule has 3 aromatic rings. The van der Waals surface area contributed by atoms with E-state index in [1.807, 2.05) is 0 Å². The molecule has 0 aliphatic heterocycles. The Kier molecular flexibility index (Phi) is 6.01. The molecule has 0 fully saturated rings. The van der Waals surface area contributed by atoms with Crippen molar-refractivity contribution in [1.82, 2.24) is 0 Å². The molecule has 0 heterocycles. The van der Waals surface area contributed by atoms with Crippen LogP contribution in [-0.2, 0) is 0 Å². The Morgan fingerprint density at radius 2 is 1.19 bits per heavy atom. The molecule has 3 rings (SSSR count). The molecule has 0 spiro atoms. The molecule has 136 valence electrons. The van der Waals surface area contributed by atoms with Crippen molar-refractivity contribution >= 4 is 58.0 Å². The molecule has 0 aliphatic rings. The molecule has 4 nitrogen and oxygen atoms in total. The average Bonchev–Trinajstić information content (AvgIpc) is 2.65. The van der Waals surface area contributed by atoms with Gasteiger partial charge >= 0.3 is 0 Å². The highest BCUT2D eigenvalue weighted by atomic mass is 35.5. The van der Waals surface area contributed by atoms with Gasteiger partial charge in [0.25, 0.3) is 11.8 Å². The molecule has 2 N–H and O–H groups in total. The lowest BCUT2D eigenvalue weighted by molar-refractivity contribution is 0.102. The Morgan fingerprint density at radius 1 is 0.630 bits per heavy atom. The largest absolute Gasteiger partial charge is 0.322 e. The summed E-state index contributed by atoms with van der Waals surface area (Å²) >= 11 is 17.7. The highest BCUT2D eigenvalue weighted by Gasteiger charge is 2.15. The van der Waals surface area contributed by atoms with Gasteiger partial charge in [0.1, 0.15) is 0 Å². The highest BCUT2D eigenvalue weighted by Crippen LogP contribution is 2.23. The monoisotopic (exact) mass is 418 g/mol. The molecule has 0 radical (unpaired) electrons. The first kappa shape index (κ1) is 19.2. The Hall–Kier alpha value is -2.53. The van der Waals surface area contributed by atoms with Crippen molar-refractivity contribution in [3.05, 3.63) is 92.9 Å². The number of carbonyl (C=O) groups excluding carboxylic acids is 2. The van der Waals surface area contributed by atoms with Crippen molar-refractivity contribution < 1.29 is 9.59 Å². The highest BCUT2D eigenvalue weighted by molar-refractivity contribution is 6.32. The maximum atomic E-state index is 12.7. The van der Waals surface area contributed by atoms with Crippen molar-refractivity contribution in [1.29, 1.82) is 0 Å². The molecule has 0 saturated heterocycles. The maximum absolute atomic E-state index is 12.7. The van der Waals surface area contributed by atoms with Gasteiger partial charge in [-0.25, -0.2) is 0 Å². The number of amides is 2. The van der Waals surface area contributed by atoms with Crippen LogP contribution in [0, 0.1) is 0 Å². The third kappa shape index (κ3) is 5.01. The first-order chi connectivity index (χ1) is 12.9. The second kappa shape index (κ2) is 8.44. The van der Waals surface area contributed by atoms with Gasteiger partial charge in [-0.15, -0.1) is 0 Å². The molecule has 0 unspecified atom stereocenters. The zero-order chi connectivity index (χ0) is 19.4. The summed E-state index contributed by atoms with van der Waals surface area (Å²) in [5.41, 5.74) is 1.56. The first-order valence-electron chi connectivity index (χ1n) is 7.86. The molecule has 0 bridgehead atoms. The van der Waals surface area contributed by atoms with Crippen LogP contribution in [-0.4, -0.2) is 11.8 Å². The van der Waals surface area contributed by atoms with E-state index in [0.717, 1.165) is 0 Å². The van der Waals surface area contributed by atoms with Crippen LogP contribution in [0.1, 0.15) is 20.7 Å². The average molecular weight is 420 g/mol. The van der Waals surface area contributed by atoms with Gasteiger partial charge in [0, 0.05) is 26.3 Å². The van der Waals surface area contributed by atoms with Gasteiger partial charge < -0.3 is 10.6 Å². The Morgan fingerprint density at radius 3 is 1.81 bits per heavy atom. The summed E-state index contributed by atoms with van der Waals surface area (Å²) in [4.78, 5) is 25.1. The van der Waals surface area contributed by atoms with E-state index in [1.54, 1.807) is 60.7 Å². The van der Waals surface area contributed by atoms with Crippen molar-refractivity contribution in [3.8, 4) is 0 Å². The van der Waals surface area contributed by atoms with E-state index < -0.39 is 5.91 Å². The predicted molar refractivity (Wildman–Crippen MR) is 110 cm³/mol. The van der Waals surface area contributed by atoms with Gasteiger partial charge in [-0.2, -0.15) is 0 Å². The van der Waals surface area contributed by atoms with Crippen LogP contribution in [0.4, 0.5) is 11.4 Å². The third-order valence-electron chi connectivity index (χ3n) is 3.68. The fraction of sp³-hybridized carbons (Fsp3) is 0. The van der Waals surface area contributed by atoms with E-state index in [-0.39, 0.29) is 11.5 Å². The number of halogens is 3. The molecule has 27 heavy (non-hydrogen) atoms. The normalized spacial score (nSPS) is 10.3. The number of hydrogen-bond donors (Lipinski definition) is 2. The minimum atomic E-state index is -0.411. The standard InChI is InChI=1S/C20H13Cl3N2O2/c21-13-3-1-12(2-4-13)19(26)25-18-10-7-15(23)11-17(18)20(27)24-16-8-5-14(22)6-9-16/h1-11H,(H,24,27)(H,25,26). The lowest BCUT2D eigenvalue weighted by Crippen LogP contribution is -2.18. The van der Waals surface area contributed by atoms with Gasteiger partial charge in [0.15, 0.2) is 0 Å². The Labute approximate surface area is 171 Å². The summed E-state index contributed by atoms with van der Waals surface area (Å²) in [6.45, 7) is 0. The fourth-order valence-corrected chi connectivity index (χ4v) is 2.76. The number of rotatable bonds is 4. The van der Waals surface area contributed by atoms with Crippen LogP contribution in [0.3, 0.4) is 0 Å². The van der Waals surface area contributed by atoms with Gasteiger partial charge in [-0.3, -0.25) is 9.59 Å². The molecule has 3 aromatic carbocycles. The van der Waals surface area contributed by atoms with Crippen LogP contribution >= 0.6 is 34.8 Å². The summed E-state index contributed by atoms with van der Waals surface area (Å²) in [5.74, 6) is -0.777. The minimum Gasteiger partial charge on any atom is -0.322 e. The summed E-state index contributed by atoms with van der Waals surface area (Å²) in [6.07, 6.45) is 0. The molecule has 0 saturated carbocycles. The lowest BCUT2D eigenvalue weighted by atomic mass is 10.1. The minimum absolute atomic E-state index is 0.236.